The van der Waals surface area contributed by atoms with Crippen molar-refractivity contribution in [3.63, 3.8) is 0 Å². The molecule has 2 N–H and O–H groups in total. The van der Waals surface area contributed by atoms with Crippen molar-refractivity contribution < 1.29 is 14.3 Å². The lowest BCUT2D eigenvalue weighted by atomic mass is 9.85. The molecular formula is C15H25N3O3. The van der Waals surface area contributed by atoms with Gasteiger partial charge in [-0.15, -0.1) is 0 Å². The molecule has 21 heavy (non-hydrogen) atoms. The number of piperidine rings is 3. The molecule has 3 aliphatic heterocycles. The molecule has 0 bridgehead atoms. The van der Waals surface area contributed by atoms with E-state index in [4.69, 9.17) is 4.74 Å². The number of nitrogens with one attached hydrogen (secondary N) is 2. The van der Waals surface area contributed by atoms with Gasteiger partial charge in [-0.2, -0.15) is 0 Å². The molecule has 0 aromatic rings. The van der Waals surface area contributed by atoms with E-state index in [9.17, 15) is 9.59 Å². The van der Waals surface area contributed by atoms with Crippen LogP contribution in [0.1, 0.15) is 32.1 Å². The molecular weight excluding hydrogens is 270 g/mol. The van der Waals surface area contributed by atoms with E-state index in [0.29, 0.717) is 12.3 Å². The van der Waals surface area contributed by atoms with E-state index in [1.807, 2.05) is 4.90 Å². The van der Waals surface area contributed by atoms with Gasteiger partial charge in [0.05, 0.1) is 6.10 Å². The Hall–Kier alpha value is -1.14. The van der Waals surface area contributed by atoms with Crippen LogP contribution in [0.2, 0.25) is 0 Å². The van der Waals surface area contributed by atoms with E-state index in [1.165, 1.54) is 0 Å². The van der Waals surface area contributed by atoms with Crippen LogP contribution in [0.15, 0.2) is 0 Å². The predicted molar refractivity (Wildman–Crippen MR) is 77.7 cm³/mol. The number of fused-ring (bicyclic) bond motifs is 1. The highest BCUT2D eigenvalue weighted by Gasteiger charge is 2.35. The van der Waals surface area contributed by atoms with Gasteiger partial charge >= 0.3 is 0 Å². The van der Waals surface area contributed by atoms with Crippen LogP contribution in [0.4, 0.5) is 0 Å². The zero-order chi connectivity index (χ0) is 14.7. The minimum Gasteiger partial charge on any atom is -0.368 e. The van der Waals surface area contributed by atoms with Gasteiger partial charge in [0.15, 0.2) is 0 Å². The molecule has 0 aliphatic carbocycles. The van der Waals surface area contributed by atoms with Gasteiger partial charge in [0, 0.05) is 25.6 Å². The molecule has 3 aliphatic rings. The summed E-state index contributed by atoms with van der Waals surface area (Å²) in [5, 5.41) is 6.34. The Labute approximate surface area is 125 Å². The number of carbonyl (C=O) groups is 2. The van der Waals surface area contributed by atoms with Crippen molar-refractivity contribution in [2.24, 2.45) is 5.92 Å². The smallest absolute Gasteiger partial charge is 0.248 e. The fourth-order valence-corrected chi connectivity index (χ4v) is 3.58. The summed E-state index contributed by atoms with van der Waals surface area (Å²) in [4.78, 5) is 25.6. The van der Waals surface area contributed by atoms with E-state index in [0.717, 1.165) is 51.9 Å². The second-order valence-electron chi connectivity index (χ2n) is 6.36. The van der Waals surface area contributed by atoms with Crippen LogP contribution in [0.3, 0.4) is 0 Å². The first-order valence-electron chi connectivity index (χ1n) is 8.12. The lowest BCUT2D eigenvalue weighted by Crippen LogP contribution is -2.55. The van der Waals surface area contributed by atoms with E-state index in [1.54, 1.807) is 0 Å². The van der Waals surface area contributed by atoms with Gasteiger partial charge in [0.25, 0.3) is 0 Å². The molecule has 3 heterocycles. The second kappa shape index (κ2) is 6.75. The van der Waals surface area contributed by atoms with Gasteiger partial charge in [-0.3, -0.25) is 9.59 Å². The van der Waals surface area contributed by atoms with E-state index >= 15 is 0 Å². The van der Waals surface area contributed by atoms with Gasteiger partial charge in [-0.1, -0.05) is 0 Å². The van der Waals surface area contributed by atoms with Gasteiger partial charge in [-0.25, -0.2) is 0 Å². The molecule has 6 heteroatoms. The fraction of sp³-hybridized carbons (Fsp3) is 0.867. The Morgan fingerprint density at radius 1 is 1.24 bits per heavy atom. The second-order valence-corrected chi connectivity index (χ2v) is 6.36. The first-order valence-corrected chi connectivity index (χ1v) is 8.12. The monoisotopic (exact) mass is 295 g/mol. The molecule has 6 nitrogen and oxygen atoms in total. The number of ether oxygens (including phenoxy) is 1. The summed E-state index contributed by atoms with van der Waals surface area (Å²) < 4.78 is 5.75. The third-order valence-electron chi connectivity index (χ3n) is 4.90. The maximum absolute atomic E-state index is 12.3. The number of rotatable bonds is 3. The first kappa shape index (κ1) is 14.8. The zero-order valence-electron chi connectivity index (χ0n) is 12.5. The van der Waals surface area contributed by atoms with Crippen molar-refractivity contribution in [1.29, 1.82) is 0 Å². The third-order valence-corrected chi connectivity index (χ3v) is 4.90. The molecule has 0 spiro atoms. The summed E-state index contributed by atoms with van der Waals surface area (Å²) in [5.74, 6) is 0.674. The highest BCUT2D eigenvalue weighted by atomic mass is 16.5. The Morgan fingerprint density at radius 2 is 2.05 bits per heavy atom. The lowest BCUT2D eigenvalue weighted by Gasteiger charge is -2.41. The molecule has 0 radical (unpaired) electrons. The first-order chi connectivity index (χ1) is 10.2. The van der Waals surface area contributed by atoms with E-state index in [2.05, 4.69) is 10.6 Å². The van der Waals surface area contributed by atoms with E-state index < -0.39 is 0 Å². The van der Waals surface area contributed by atoms with Gasteiger partial charge in [-0.05, 0) is 44.7 Å². The van der Waals surface area contributed by atoms with Crippen molar-refractivity contribution in [3.05, 3.63) is 0 Å². The van der Waals surface area contributed by atoms with Crippen LogP contribution in [0.25, 0.3) is 0 Å². The summed E-state index contributed by atoms with van der Waals surface area (Å²) in [6.45, 7) is 3.65. The molecule has 2 atom stereocenters. The standard InChI is InChI=1S/C15H25N3O3/c19-14-2-1-11-9-18(8-5-13(11)17-14)15(20)10-21-12-3-6-16-7-4-12/h11-13,16H,1-10H2,(H,17,19). The summed E-state index contributed by atoms with van der Waals surface area (Å²) in [6, 6.07) is 0.264. The van der Waals surface area contributed by atoms with Crippen LogP contribution in [0, 0.1) is 5.92 Å². The fourth-order valence-electron chi connectivity index (χ4n) is 3.58. The molecule has 0 saturated carbocycles. The van der Waals surface area contributed by atoms with Gasteiger partial charge in [0.2, 0.25) is 11.8 Å². The number of hydrogen-bond donors (Lipinski definition) is 2. The Balaban J connectivity index is 1.44. The Morgan fingerprint density at radius 3 is 2.86 bits per heavy atom. The highest BCUT2D eigenvalue weighted by molar-refractivity contribution is 5.79. The maximum Gasteiger partial charge on any atom is 0.248 e. The van der Waals surface area contributed by atoms with Gasteiger partial charge in [0.1, 0.15) is 6.61 Å². The Bertz CT molecular complexity index is 396. The van der Waals surface area contributed by atoms with Crippen molar-refractivity contribution in [2.45, 2.75) is 44.2 Å². The SMILES string of the molecule is O=C1CCC2CN(C(=O)COC3CCNCC3)CCC2N1. The normalized spacial score (nSPS) is 30.7. The number of nitrogens with zero attached hydrogens (tertiary/aromatic N) is 1. The predicted octanol–water partition coefficient (Wildman–Crippen LogP) is -0.118. The average molecular weight is 295 g/mol. The molecule has 2 unspecified atom stereocenters. The highest BCUT2D eigenvalue weighted by Crippen LogP contribution is 2.25. The molecule has 3 fully saturated rings. The summed E-state index contributed by atoms with van der Waals surface area (Å²) >= 11 is 0. The van der Waals surface area contributed by atoms with Crippen molar-refractivity contribution in [1.82, 2.24) is 15.5 Å². The van der Waals surface area contributed by atoms with Crippen molar-refractivity contribution >= 4 is 11.8 Å². The summed E-state index contributed by atoms with van der Waals surface area (Å²) in [7, 11) is 0. The minimum atomic E-state index is 0.101. The van der Waals surface area contributed by atoms with Crippen LogP contribution >= 0.6 is 0 Å². The average Bonchev–Trinajstić information content (AvgIpc) is 2.53. The topological polar surface area (TPSA) is 70.7 Å². The molecule has 2 amide bonds. The summed E-state index contributed by atoms with van der Waals surface area (Å²) in [6.07, 6.45) is 4.56. The largest absolute Gasteiger partial charge is 0.368 e. The van der Waals surface area contributed by atoms with Gasteiger partial charge < -0.3 is 20.3 Å². The van der Waals surface area contributed by atoms with Crippen LogP contribution in [0.5, 0.6) is 0 Å². The van der Waals surface area contributed by atoms with Crippen LogP contribution in [-0.4, -0.2) is 61.6 Å². The quantitative estimate of drug-likeness (QED) is 0.762. The molecule has 0 aromatic heterocycles. The van der Waals surface area contributed by atoms with Crippen molar-refractivity contribution in [2.75, 3.05) is 32.8 Å². The maximum atomic E-state index is 12.3. The summed E-state index contributed by atoms with van der Waals surface area (Å²) in [5.41, 5.74) is 0. The molecule has 3 saturated heterocycles. The number of carbonyl (C=O) groups excluding carboxylic acids is 2. The van der Waals surface area contributed by atoms with E-state index in [-0.39, 0.29) is 30.6 Å². The Kier molecular flexibility index (Phi) is 4.75. The van der Waals surface area contributed by atoms with Crippen molar-refractivity contribution in [3.8, 4) is 0 Å². The lowest BCUT2D eigenvalue weighted by molar-refractivity contribution is -0.141. The number of hydrogen-bond acceptors (Lipinski definition) is 4. The minimum absolute atomic E-state index is 0.101. The zero-order valence-corrected chi connectivity index (χ0v) is 12.5. The molecule has 0 aromatic carbocycles. The third kappa shape index (κ3) is 3.74. The number of amides is 2. The number of likely N-dealkylation sites (tertiary alicyclic amines) is 1. The van der Waals surface area contributed by atoms with Crippen LogP contribution in [-0.2, 0) is 14.3 Å². The van der Waals surface area contributed by atoms with Crippen LogP contribution < -0.4 is 10.6 Å². The molecule has 3 rings (SSSR count). The molecule has 118 valence electrons.